The van der Waals surface area contributed by atoms with Crippen LogP contribution in [0.15, 0.2) is 23.4 Å². The van der Waals surface area contributed by atoms with Crippen molar-refractivity contribution < 1.29 is 14.3 Å². The lowest BCUT2D eigenvalue weighted by Gasteiger charge is -2.09. The minimum atomic E-state index is -0.491. The van der Waals surface area contributed by atoms with E-state index in [2.05, 4.69) is 20.6 Å². The van der Waals surface area contributed by atoms with E-state index in [4.69, 9.17) is 4.74 Å². The van der Waals surface area contributed by atoms with E-state index in [0.717, 1.165) is 16.8 Å². The molecule has 0 radical (unpaired) electrons. The lowest BCUT2D eigenvalue weighted by atomic mass is 10.3. The van der Waals surface area contributed by atoms with Gasteiger partial charge in [0.2, 0.25) is 5.91 Å². The van der Waals surface area contributed by atoms with Gasteiger partial charge in [-0.25, -0.2) is 9.78 Å². The van der Waals surface area contributed by atoms with Crippen molar-refractivity contribution in [1.29, 1.82) is 0 Å². The molecule has 3 amide bonds. The van der Waals surface area contributed by atoms with Crippen LogP contribution in [-0.2, 0) is 4.79 Å². The number of hydrogen-bond acceptors (Lipinski definition) is 5. The standard InChI is InChI=1S/C14H18N4O3S/c1-4-15-13(20)18-12(19)8(2)22-14-16-10-6-5-9(21-3)7-11(10)17-14/h5-8H,4H2,1-3H3,(H,16,17)(H2,15,18,19,20). The first-order valence-electron chi connectivity index (χ1n) is 6.82. The van der Waals surface area contributed by atoms with Crippen molar-refractivity contribution >= 4 is 34.7 Å². The van der Waals surface area contributed by atoms with Crippen LogP contribution in [0.2, 0.25) is 0 Å². The highest BCUT2D eigenvalue weighted by Crippen LogP contribution is 2.25. The molecule has 0 fully saturated rings. The molecule has 0 aliphatic rings. The van der Waals surface area contributed by atoms with E-state index in [1.54, 1.807) is 21.0 Å². The van der Waals surface area contributed by atoms with Gasteiger partial charge in [-0.1, -0.05) is 11.8 Å². The number of amides is 3. The van der Waals surface area contributed by atoms with E-state index < -0.39 is 11.3 Å². The summed E-state index contributed by atoms with van der Waals surface area (Å²) in [5.74, 6) is 0.365. The molecular formula is C14H18N4O3S. The summed E-state index contributed by atoms with van der Waals surface area (Å²) in [7, 11) is 1.60. The monoisotopic (exact) mass is 322 g/mol. The number of thioether (sulfide) groups is 1. The molecule has 3 N–H and O–H groups in total. The summed E-state index contributed by atoms with van der Waals surface area (Å²) in [6, 6.07) is 5.01. The largest absolute Gasteiger partial charge is 0.497 e. The van der Waals surface area contributed by atoms with E-state index in [1.165, 1.54) is 11.8 Å². The summed E-state index contributed by atoms with van der Waals surface area (Å²) >= 11 is 1.25. The number of aromatic amines is 1. The number of hydrogen-bond donors (Lipinski definition) is 3. The molecule has 0 aliphatic heterocycles. The average molecular weight is 322 g/mol. The zero-order valence-corrected chi connectivity index (χ0v) is 13.4. The normalized spacial score (nSPS) is 12.0. The van der Waals surface area contributed by atoms with Gasteiger partial charge in [-0.3, -0.25) is 10.1 Å². The zero-order chi connectivity index (χ0) is 16.1. The van der Waals surface area contributed by atoms with Gasteiger partial charge in [0.25, 0.3) is 0 Å². The number of rotatable bonds is 5. The fourth-order valence-electron chi connectivity index (χ4n) is 1.79. The molecule has 1 atom stereocenters. The molecule has 0 saturated carbocycles. The third-order valence-electron chi connectivity index (χ3n) is 2.90. The second-order valence-electron chi connectivity index (χ2n) is 4.53. The van der Waals surface area contributed by atoms with Gasteiger partial charge >= 0.3 is 6.03 Å². The molecule has 0 aliphatic carbocycles. The molecule has 2 rings (SSSR count). The number of aromatic nitrogens is 2. The summed E-state index contributed by atoms with van der Waals surface area (Å²) in [6.45, 7) is 3.96. The number of carbonyl (C=O) groups excluding carboxylic acids is 2. The van der Waals surface area contributed by atoms with Crippen LogP contribution < -0.4 is 15.4 Å². The van der Waals surface area contributed by atoms with Crippen molar-refractivity contribution in [3.8, 4) is 5.75 Å². The Morgan fingerprint density at radius 2 is 2.23 bits per heavy atom. The van der Waals surface area contributed by atoms with Crippen molar-refractivity contribution in [2.45, 2.75) is 24.3 Å². The highest BCUT2D eigenvalue weighted by molar-refractivity contribution is 8.00. The molecule has 22 heavy (non-hydrogen) atoms. The van der Waals surface area contributed by atoms with Crippen LogP contribution in [0.3, 0.4) is 0 Å². The molecule has 1 heterocycles. The topological polar surface area (TPSA) is 96.1 Å². The Balaban J connectivity index is 2.03. The van der Waals surface area contributed by atoms with E-state index in [0.29, 0.717) is 11.7 Å². The number of carbonyl (C=O) groups is 2. The molecule has 0 saturated heterocycles. The number of H-pyrrole nitrogens is 1. The van der Waals surface area contributed by atoms with Crippen LogP contribution in [0.5, 0.6) is 5.75 Å². The summed E-state index contributed by atoms with van der Waals surface area (Å²) in [6.07, 6.45) is 0. The lowest BCUT2D eigenvalue weighted by molar-refractivity contribution is -0.119. The van der Waals surface area contributed by atoms with Gasteiger partial charge in [0.1, 0.15) is 5.75 Å². The molecule has 8 heteroatoms. The van der Waals surface area contributed by atoms with Gasteiger partial charge in [0, 0.05) is 12.6 Å². The Morgan fingerprint density at radius 3 is 2.91 bits per heavy atom. The maximum atomic E-state index is 11.9. The minimum absolute atomic E-state index is 0.367. The van der Waals surface area contributed by atoms with E-state index in [9.17, 15) is 9.59 Å². The maximum Gasteiger partial charge on any atom is 0.321 e. The number of fused-ring (bicyclic) bond motifs is 1. The number of nitrogens with one attached hydrogen (secondary N) is 3. The van der Waals surface area contributed by atoms with Gasteiger partial charge in [-0.15, -0.1) is 0 Å². The van der Waals surface area contributed by atoms with Crippen LogP contribution in [0.1, 0.15) is 13.8 Å². The van der Waals surface area contributed by atoms with Crippen LogP contribution in [-0.4, -0.2) is 40.8 Å². The molecule has 7 nitrogen and oxygen atoms in total. The van der Waals surface area contributed by atoms with Crippen LogP contribution in [0.25, 0.3) is 11.0 Å². The molecule has 1 aromatic carbocycles. The zero-order valence-electron chi connectivity index (χ0n) is 12.6. The molecule has 2 aromatic rings. The second-order valence-corrected chi connectivity index (χ2v) is 5.86. The number of urea groups is 1. The predicted octanol–water partition coefficient (Wildman–Crippen LogP) is 1.90. The number of methoxy groups -OCH3 is 1. The van der Waals surface area contributed by atoms with E-state index in [1.807, 2.05) is 18.2 Å². The summed E-state index contributed by atoms with van der Waals surface area (Å²) in [4.78, 5) is 30.7. The molecule has 1 unspecified atom stereocenters. The van der Waals surface area contributed by atoms with Crippen LogP contribution in [0.4, 0.5) is 4.79 Å². The SMILES string of the molecule is CCNC(=O)NC(=O)C(C)Sc1nc2ccc(OC)cc2[nH]1. The van der Waals surface area contributed by atoms with Crippen molar-refractivity contribution in [3.05, 3.63) is 18.2 Å². The van der Waals surface area contributed by atoms with Gasteiger partial charge in [0.15, 0.2) is 5.16 Å². The third-order valence-corrected chi connectivity index (χ3v) is 3.88. The van der Waals surface area contributed by atoms with Gasteiger partial charge in [-0.2, -0.15) is 0 Å². The van der Waals surface area contributed by atoms with Crippen molar-refractivity contribution in [3.63, 3.8) is 0 Å². The maximum absolute atomic E-state index is 11.9. The van der Waals surface area contributed by atoms with Crippen molar-refractivity contribution in [1.82, 2.24) is 20.6 Å². The first-order chi connectivity index (χ1) is 10.5. The number of ether oxygens (including phenoxy) is 1. The summed E-state index contributed by atoms with van der Waals surface area (Å²) < 4.78 is 5.15. The Morgan fingerprint density at radius 1 is 1.45 bits per heavy atom. The molecule has 0 spiro atoms. The Hall–Kier alpha value is -2.22. The molecule has 1 aromatic heterocycles. The fraction of sp³-hybridized carbons (Fsp3) is 0.357. The van der Waals surface area contributed by atoms with Gasteiger partial charge in [0.05, 0.1) is 23.4 Å². The van der Waals surface area contributed by atoms with E-state index in [-0.39, 0.29) is 5.91 Å². The van der Waals surface area contributed by atoms with Crippen molar-refractivity contribution in [2.24, 2.45) is 0 Å². The van der Waals surface area contributed by atoms with Crippen molar-refractivity contribution in [2.75, 3.05) is 13.7 Å². The second kappa shape index (κ2) is 7.17. The molecule has 118 valence electrons. The highest BCUT2D eigenvalue weighted by atomic mass is 32.2. The van der Waals surface area contributed by atoms with E-state index >= 15 is 0 Å². The summed E-state index contributed by atoms with van der Waals surface area (Å²) in [5.41, 5.74) is 1.62. The first kappa shape index (κ1) is 16.2. The average Bonchev–Trinajstić information content (AvgIpc) is 2.88. The third kappa shape index (κ3) is 3.91. The number of imidazole rings is 1. The highest BCUT2D eigenvalue weighted by Gasteiger charge is 2.18. The molecular weight excluding hydrogens is 304 g/mol. The minimum Gasteiger partial charge on any atom is -0.497 e. The summed E-state index contributed by atoms with van der Waals surface area (Å²) in [5, 5.41) is 4.95. The smallest absolute Gasteiger partial charge is 0.321 e. The Bertz CT molecular complexity index is 686. The lowest BCUT2D eigenvalue weighted by Crippen LogP contribution is -2.42. The predicted molar refractivity (Wildman–Crippen MR) is 85.2 cm³/mol. The van der Waals surface area contributed by atoms with Crippen LogP contribution in [0, 0.1) is 0 Å². The Labute approximate surface area is 132 Å². The van der Waals surface area contributed by atoms with Gasteiger partial charge in [-0.05, 0) is 26.0 Å². The quantitative estimate of drug-likeness (QED) is 0.731. The first-order valence-corrected chi connectivity index (χ1v) is 7.70. The number of nitrogens with zero attached hydrogens (tertiary/aromatic N) is 1. The molecule has 0 bridgehead atoms. The fourth-order valence-corrected chi connectivity index (χ4v) is 2.61. The number of imide groups is 1. The van der Waals surface area contributed by atoms with Gasteiger partial charge < -0.3 is 15.0 Å². The number of benzene rings is 1. The Kier molecular flexibility index (Phi) is 5.26. The van der Waals surface area contributed by atoms with Crippen LogP contribution >= 0.6 is 11.8 Å².